The molecule has 0 aromatic rings. The molecule has 0 heterocycles. The van der Waals surface area contributed by atoms with E-state index >= 15 is 0 Å². The van der Waals surface area contributed by atoms with Crippen LogP contribution in [0.4, 0.5) is 0 Å². The molecular weight excluding hydrogens is 483 g/mol. The van der Waals surface area contributed by atoms with Crippen LogP contribution in [0.25, 0.3) is 0 Å². The first-order valence-electron chi connectivity index (χ1n) is 9.84. The maximum atomic E-state index is 11.7. The van der Waals surface area contributed by atoms with Crippen molar-refractivity contribution in [2.75, 3.05) is 47.4 Å². The van der Waals surface area contributed by atoms with Crippen molar-refractivity contribution in [2.24, 2.45) is 10.8 Å². The monoisotopic (exact) mass is 540 g/mol. The minimum absolute atomic E-state index is 0. The van der Waals surface area contributed by atoms with Crippen LogP contribution in [0.1, 0.15) is 84.1 Å². The highest BCUT2D eigenvalue weighted by Crippen LogP contribution is 2.35. The molecule has 0 aliphatic carbocycles. The highest BCUT2D eigenvalue weighted by molar-refractivity contribution is 7.46. The molecule has 0 fully saturated rings. The van der Waals surface area contributed by atoms with Gasteiger partial charge >= 0.3 is 13.8 Å². The van der Waals surface area contributed by atoms with Crippen molar-refractivity contribution in [3.05, 3.63) is 0 Å². The fourth-order valence-corrected chi connectivity index (χ4v) is 1.85. The van der Waals surface area contributed by atoms with Crippen molar-refractivity contribution >= 4 is 19.7 Å². The summed E-state index contributed by atoms with van der Waals surface area (Å²) in [5, 5.41) is 2.98. The lowest BCUT2D eigenvalue weighted by molar-refractivity contribution is -0.869. The number of phosphoric ester groups is 1. The van der Waals surface area contributed by atoms with Crippen LogP contribution in [0.5, 0.6) is 0 Å². The summed E-state index contributed by atoms with van der Waals surface area (Å²) in [6.07, 6.45) is 1.51. The van der Waals surface area contributed by atoms with Gasteiger partial charge in [-0.1, -0.05) is 57.4 Å². The largest absolute Gasteiger partial charge is 1.00 e. The number of hydrogen-bond donors (Lipinski definition) is 3. The third-order valence-corrected chi connectivity index (χ3v) is 5.10. The van der Waals surface area contributed by atoms with E-state index in [1.807, 2.05) is 27.7 Å². The van der Waals surface area contributed by atoms with E-state index in [9.17, 15) is 14.2 Å². The summed E-state index contributed by atoms with van der Waals surface area (Å²) in [7, 11) is 1.90. The van der Waals surface area contributed by atoms with Crippen molar-refractivity contribution in [3.63, 3.8) is 0 Å². The zero-order chi connectivity index (χ0) is 23.5. The number of carbonyl (C=O) groups excluding carboxylic acids is 2. The predicted octanol–water partition coefficient (Wildman–Crippen LogP) is 1.87. The molecule has 0 saturated carbocycles. The fourth-order valence-electron chi connectivity index (χ4n) is 1.53. The van der Waals surface area contributed by atoms with Crippen LogP contribution < -0.4 is 17.7 Å². The van der Waals surface area contributed by atoms with Gasteiger partial charge in [0, 0.05) is 5.41 Å². The van der Waals surface area contributed by atoms with E-state index in [1.165, 1.54) is 0 Å². The van der Waals surface area contributed by atoms with E-state index in [-0.39, 0.29) is 66.6 Å². The molecule has 3 N–H and O–H groups in total. The minimum Gasteiger partial charge on any atom is -1.00 e. The molecule has 0 aliphatic heterocycles. The van der Waals surface area contributed by atoms with Crippen molar-refractivity contribution in [3.8, 4) is 0 Å². The molecule has 0 saturated heterocycles. The van der Waals surface area contributed by atoms with Gasteiger partial charge in [-0.3, -0.25) is 14.1 Å². The van der Waals surface area contributed by atoms with Crippen molar-refractivity contribution in [1.29, 1.82) is 0 Å². The van der Waals surface area contributed by atoms with Crippen molar-refractivity contribution < 1.29 is 50.1 Å². The van der Waals surface area contributed by atoms with Crippen LogP contribution >= 0.6 is 7.82 Å². The Kier molecular flexibility index (Phi) is 31.9. The number of carbonyl (C=O) groups is 2. The average molecular weight is 541 g/mol. The number of halogens is 1. The van der Waals surface area contributed by atoms with Crippen LogP contribution in [0.2, 0.25) is 0 Å². The Labute approximate surface area is 217 Å². The quantitative estimate of drug-likeness (QED) is 0.158. The Morgan fingerprint density at radius 1 is 0.882 bits per heavy atom. The summed E-state index contributed by atoms with van der Waals surface area (Å²) in [6, 6.07) is 0. The SMILES string of the molecule is C.C.C.C.CCC(C)(C)C(=O)NCC[N+](C)(C)C.CCC(C)(C)C(=O)OCCOP(=O)(O)O.[Cl-]. The van der Waals surface area contributed by atoms with E-state index in [4.69, 9.17) is 14.5 Å². The van der Waals surface area contributed by atoms with Crippen LogP contribution in [0.3, 0.4) is 0 Å². The van der Waals surface area contributed by atoms with E-state index < -0.39 is 19.2 Å². The molecule has 0 unspecified atom stereocenters. The first-order valence-corrected chi connectivity index (χ1v) is 11.4. The number of nitrogens with zero attached hydrogens (tertiary/aromatic N) is 1. The van der Waals surface area contributed by atoms with Crippen LogP contribution in [0.15, 0.2) is 0 Å². The number of nitrogens with one attached hydrogen (secondary N) is 1. The van der Waals surface area contributed by atoms with Gasteiger partial charge in [0.15, 0.2) is 0 Å². The maximum Gasteiger partial charge on any atom is 0.469 e. The van der Waals surface area contributed by atoms with Gasteiger partial charge in [-0.15, -0.1) is 0 Å². The molecule has 34 heavy (non-hydrogen) atoms. The lowest BCUT2D eigenvalue weighted by atomic mass is 9.89. The smallest absolute Gasteiger partial charge is 0.469 e. The molecule has 0 rings (SSSR count). The van der Waals surface area contributed by atoms with Gasteiger partial charge < -0.3 is 36.7 Å². The van der Waals surface area contributed by atoms with Crippen LogP contribution in [-0.2, 0) is 23.4 Å². The molecule has 0 spiro atoms. The molecule has 0 radical (unpaired) electrons. The predicted molar refractivity (Wildman–Crippen MR) is 140 cm³/mol. The Morgan fingerprint density at radius 2 is 1.29 bits per heavy atom. The second-order valence-electron chi connectivity index (χ2n) is 9.20. The molecule has 0 aromatic heterocycles. The third-order valence-electron chi connectivity index (χ3n) is 4.58. The number of hydrogen-bond acceptors (Lipinski definition) is 5. The van der Waals surface area contributed by atoms with Gasteiger partial charge in [0.2, 0.25) is 5.91 Å². The number of quaternary nitrogens is 1. The Bertz CT molecular complexity index is 560. The fraction of sp³-hybridized carbons (Fsp3) is 0.913. The van der Waals surface area contributed by atoms with Gasteiger partial charge in [0.25, 0.3) is 0 Å². The maximum absolute atomic E-state index is 11.7. The first-order chi connectivity index (χ1) is 12.9. The molecular formula is C23H58ClN2O7P. The molecule has 214 valence electrons. The van der Waals surface area contributed by atoms with Gasteiger partial charge in [0.05, 0.1) is 46.3 Å². The summed E-state index contributed by atoms with van der Waals surface area (Å²) in [5.41, 5.74) is -0.812. The number of amides is 1. The molecule has 11 heteroatoms. The number of rotatable bonds is 11. The summed E-state index contributed by atoms with van der Waals surface area (Å²) < 4.78 is 20.0. The van der Waals surface area contributed by atoms with Crippen LogP contribution in [-0.4, -0.2) is 73.6 Å². The highest BCUT2D eigenvalue weighted by atomic mass is 35.5. The number of phosphoric acid groups is 1. The Balaban J connectivity index is -0.0000000749. The van der Waals surface area contributed by atoms with Gasteiger partial charge in [-0.2, -0.15) is 0 Å². The third kappa shape index (κ3) is 27.5. The lowest BCUT2D eigenvalue weighted by Gasteiger charge is -2.26. The number of esters is 1. The molecule has 0 aliphatic rings. The van der Waals surface area contributed by atoms with Gasteiger partial charge in [-0.25, -0.2) is 4.57 Å². The zero-order valence-corrected chi connectivity index (χ0v) is 21.6. The zero-order valence-electron chi connectivity index (χ0n) is 20.0. The summed E-state index contributed by atoms with van der Waals surface area (Å²) >= 11 is 0. The topological polar surface area (TPSA) is 122 Å². The normalized spacial score (nSPS) is 10.8. The molecule has 0 bridgehead atoms. The van der Waals surface area contributed by atoms with E-state index in [1.54, 1.807) is 13.8 Å². The summed E-state index contributed by atoms with van der Waals surface area (Å²) in [6.45, 7) is 12.6. The van der Waals surface area contributed by atoms with Crippen LogP contribution in [0, 0.1) is 10.8 Å². The number of likely N-dealkylation sites (N-methyl/N-ethyl adjacent to an activating group) is 1. The lowest BCUT2D eigenvalue weighted by Crippen LogP contribution is -3.00. The van der Waals surface area contributed by atoms with E-state index in [0.29, 0.717) is 6.42 Å². The molecule has 0 aromatic carbocycles. The molecule has 0 atom stereocenters. The van der Waals surface area contributed by atoms with Gasteiger partial charge in [0.1, 0.15) is 6.61 Å². The van der Waals surface area contributed by atoms with Crippen molar-refractivity contribution in [1.82, 2.24) is 5.32 Å². The van der Waals surface area contributed by atoms with E-state index in [2.05, 4.69) is 31.0 Å². The average Bonchev–Trinajstić information content (AvgIpc) is 2.56. The Morgan fingerprint density at radius 3 is 1.62 bits per heavy atom. The Hall–Kier alpha value is -0.700. The molecule has 1 amide bonds. The highest BCUT2D eigenvalue weighted by Gasteiger charge is 2.27. The summed E-state index contributed by atoms with van der Waals surface area (Å²) in [5.74, 6) is -0.243. The van der Waals surface area contributed by atoms with Gasteiger partial charge in [-0.05, 0) is 26.7 Å². The second-order valence-corrected chi connectivity index (χ2v) is 10.4. The first kappa shape index (κ1) is 50.2. The number of ether oxygens (including phenoxy) is 1. The van der Waals surface area contributed by atoms with Crippen molar-refractivity contribution in [2.45, 2.75) is 84.1 Å². The standard InChI is InChI=1S/C11H24N2O.C8H17O6P.4CH4.ClH/c1-7-11(2,3)10(14)12-8-9-13(4,5)6;1-4-8(2,3)7(9)13-5-6-14-15(10,11)12;;;;;/h7-9H2,1-6H3;4-6H2,1-3H3,(H2,10,11,12);4*1H4;1H. The second kappa shape index (κ2) is 21.6. The summed E-state index contributed by atoms with van der Waals surface area (Å²) in [4.78, 5) is 39.7. The minimum atomic E-state index is -4.46. The van der Waals surface area contributed by atoms with E-state index in [0.717, 1.165) is 24.0 Å². The molecule has 9 nitrogen and oxygen atoms in total.